The van der Waals surface area contributed by atoms with E-state index in [1.54, 1.807) is 5.56 Å². The molecule has 0 radical (unpaired) electrons. The Morgan fingerprint density at radius 1 is 1.11 bits per heavy atom. The Morgan fingerprint density at radius 3 is 2.74 bits per heavy atom. The Morgan fingerprint density at radius 2 is 1.89 bits per heavy atom. The molecule has 1 aromatic heterocycles. The lowest BCUT2D eigenvalue weighted by Crippen LogP contribution is -2.41. The number of hydrogen-bond donors (Lipinski definition) is 1. The molecule has 1 aliphatic carbocycles. The highest BCUT2D eigenvalue weighted by molar-refractivity contribution is 5.85. The maximum atomic E-state index is 3.64. The number of aryl methyl sites for hydroxylation is 1. The van der Waals surface area contributed by atoms with Crippen LogP contribution in [0, 0.1) is 5.41 Å². The Balaban J connectivity index is 1.73. The highest BCUT2D eigenvalue weighted by Gasteiger charge is 2.37. The summed E-state index contributed by atoms with van der Waals surface area (Å²) >= 11 is 0. The number of H-pyrrole nitrogens is 1. The number of nitrogens with one attached hydrogen (secondary N) is 1. The summed E-state index contributed by atoms with van der Waals surface area (Å²) in [5, 5.41) is 1.47. The van der Waals surface area contributed by atoms with Crippen LogP contribution < -0.4 is 0 Å². The van der Waals surface area contributed by atoms with Crippen molar-refractivity contribution in [2.45, 2.75) is 32.1 Å². The van der Waals surface area contributed by atoms with Crippen molar-refractivity contribution in [2.75, 3.05) is 20.1 Å². The van der Waals surface area contributed by atoms with Crippen molar-refractivity contribution in [1.29, 1.82) is 0 Å². The first kappa shape index (κ1) is 11.5. The summed E-state index contributed by atoms with van der Waals surface area (Å²) in [7, 11) is 2.26. The average molecular weight is 254 g/mol. The van der Waals surface area contributed by atoms with Crippen LogP contribution in [-0.2, 0) is 12.8 Å². The van der Waals surface area contributed by atoms with Gasteiger partial charge in [0.2, 0.25) is 0 Å². The molecule has 0 saturated carbocycles. The summed E-state index contributed by atoms with van der Waals surface area (Å²) in [5.74, 6) is 0. The minimum atomic E-state index is 0.588. The summed E-state index contributed by atoms with van der Waals surface area (Å²) in [5.41, 5.74) is 5.04. The summed E-state index contributed by atoms with van der Waals surface area (Å²) in [6.07, 6.45) is 6.67. The van der Waals surface area contributed by atoms with Crippen molar-refractivity contribution in [3.8, 4) is 0 Å². The first-order valence-corrected chi connectivity index (χ1v) is 7.53. The fraction of sp³-hybridized carbons (Fsp3) is 0.529. The van der Waals surface area contributed by atoms with E-state index in [2.05, 4.69) is 41.2 Å². The number of hydrogen-bond acceptors (Lipinski definition) is 1. The van der Waals surface area contributed by atoms with Crippen LogP contribution in [0.2, 0.25) is 0 Å². The van der Waals surface area contributed by atoms with Crippen LogP contribution in [-0.4, -0.2) is 30.0 Å². The van der Waals surface area contributed by atoms with E-state index in [0.717, 1.165) is 0 Å². The van der Waals surface area contributed by atoms with Crippen molar-refractivity contribution in [3.63, 3.8) is 0 Å². The lowest BCUT2D eigenvalue weighted by atomic mass is 9.67. The van der Waals surface area contributed by atoms with Gasteiger partial charge in [-0.15, -0.1) is 0 Å². The second-order valence-corrected chi connectivity index (χ2v) is 6.61. The number of aromatic amines is 1. The molecule has 2 heteroatoms. The number of aromatic nitrogens is 1. The van der Waals surface area contributed by atoms with Crippen LogP contribution in [0.25, 0.3) is 10.9 Å². The molecule has 19 heavy (non-hydrogen) atoms. The molecule has 1 spiro atoms. The molecule has 1 aromatic carbocycles. The molecule has 2 heterocycles. The Kier molecular flexibility index (Phi) is 2.49. The summed E-state index contributed by atoms with van der Waals surface area (Å²) in [6.45, 7) is 2.55. The van der Waals surface area contributed by atoms with E-state index < -0.39 is 0 Å². The van der Waals surface area contributed by atoms with Crippen LogP contribution in [0.15, 0.2) is 24.3 Å². The van der Waals surface area contributed by atoms with Gasteiger partial charge >= 0.3 is 0 Å². The van der Waals surface area contributed by atoms with E-state index in [9.17, 15) is 0 Å². The third-order valence-electron chi connectivity index (χ3n) is 5.41. The smallest absolute Gasteiger partial charge is 0.0458 e. The summed E-state index contributed by atoms with van der Waals surface area (Å²) < 4.78 is 0. The Labute approximate surface area is 114 Å². The van der Waals surface area contributed by atoms with E-state index >= 15 is 0 Å². The van der Waals surface area contributed by atoms with Gasteiger partial charge in [0.25, 0.3) is 0 Å². The summed E-state index contributed by atoms with van der Waals surface area (Å²) in [4.78, 5) is 6.12. The van der Waals surface area contributed by atoms with Gasteiger partial charge in [0, 0.05) is 16.6 Å². The molecule has 0 unspecified atom stereocenters. The minimum absolute atomic E-state index is 0.588. The van der Waals surface area contributed by atoms with Crippen molar-refractivity contribution in [2.24, 2.45) is 5.41 Å². The highest BCUT2D eigenvalue weighted by Crippen LogP contribution is 2.45. The van der Waals surface area contributed by atoms with Gasteiger partial charge in [-0.05, 0) is 69.3 Å². The molecule has 0 atom stereocenters. The van der Waals surface area contributed by atoms with Crippen molar-refractivity contribution >= 4 is 10.9 Å². The number of nitrogens with zero attached hydrogens (tertiary/aromatic N) is 1. The summed E-state index contributed by atoms with van der Waals surface area (Å²) in [6, 6.07) is 8.82. The van der Waals surface area contributed by atoms with Gasteiger partial charge in [-0.2, -0.15) is 0 Å². The number of piperidine rings is 1. The molecular formula is C17H22N2. The molecule has 0 amide bonds. The maximum absolute atomic E-state index is 3.64. The monoisotopic (exact) mass is 254 g/mol. The van der Waals surface area contributed by atoms with Gasteiger partial charge in [0.05, 0.1) is 0 Å². The molecule has 100 valence electrons. The first-order chi connectivity index (χ1) is 9.26. The fourth-order valence-electron chi connectivity index (χ4n) is 4.04. The molecule has 2 aromatic rings. The van der Waals surface area contributed by atoms with E-state index in [0.29, 0.717) is 5.41 Å². The molecule has 1 saturated heterocycles. The maximum Gasteiger partial charge on any atom is 0.0458 e. The van der Waals surface area contributed by atoms with Gasteiger partial charge in [0.15, 0.2) is 0 Å². The van der Waals surface area contributed by atoms with Gasteiger partial charge in [0.1, 0.15) is 0 Å². The normalized spacial score (nSPS) is 22.8. The zero-order chi connectivity index (χ0) is 12.9. The lowest BCUT2D eigenvalue weighted by Gasteiger charge is -2.43. The predicted octanol–water partition coefficient (Wildman–Crippen LogP) is 3.37. The third-order valence-corrected chi connectivity index (χ3v) is 5.41. The molecular weight excluding hydrogens is 232 g/mol. The van der Waals surface area contributed by atoms with E-state index in [1.807, 2.05) is 0 Å². The predicted molar refractivity (Wildman–Crippen MR) is 79.5 cm³/mol. The quantitative estimate of drug-likeness (QED) is 0.763. The number of para-hydroxylation sites is 1. The molecule has 1 N–H and O–H groups in total. The third kappa shape index (κ3) is 1.81. The standard InChI is InChI=1S/C17H22N2/c1-19-10-8-17(9-11-19)7-6-16-14(12-17)13-4-2-3-5-15(13)18-16/h2-5,18H,6-12H2,1H3. The van der Waals surface area contributed by atoms with Crippen molar-refractivity contribution in [1.82, 2.24) is 9.88 Å². The molecule has 2 nitrogen and oxygen atoms in total. The van der Waals surface area contributed by atoms with Crippen LogP contribution in [0.3, 0.4) is 0 Å². The Bertz CT molecular complexity index is 603. The van der Waals surface area contributed by atoms with E-state index in [4.69, 9.17) is 0 Å². The number of benzene rings is 1. The SMILES string of the molecule is CN1CCC2(CCc3[nH]c4ccccc4c3C2)CC1. The van der Waals surface area contributed by atoms with Crippen LogP contribution in [0.1, 0.15) is 30.5 Å². The molecule has 2 aliphatic rings. The van der Waals surface area contributed by atoms with E-state index in [1.165, 1.54) is 61.8 Å². The van der Waals surface area contributed by atoms with E-state index in [-0.39, 0.29) is 0 Å². The van der Waals surface area contributed by atoms with Gasteiger partial charge in [-0.1, -0.05) is 18.2 Å². The van der Waals surface area contributed by atoms with Crippen molar-refractivity contribution < 1.29 is 0 Å². The number of rotatable bonds is 0. The van der Waals surface area contributed by atoms with Gasteiger partial charge in [-0.25, -0.2) is 0 Å². The van der Waals surface area contributed by atoms with Crippen LogP contribution in [0.4, 0.5) is 0 Å². The number of likely N-dealkylation sites (tertiary alicyclic amines) is 1. The second-order valence-electron chi connectivity index (χ2n) is 6.61. The molecule has 0 bridgehead atoms. The average Bonchev–Trinajstić information content (AvgIpc) is 2.80. The zero-order valence-corrected chi connectivity index (χ0v) is 11.7. The largest absolute Gasteiger partial charge is 0.358 e. The minimum Gasteiger partial charge on any atom is -0.358 e. The van der Waals surface area contributed by atoms with Crippen LogP contribution in [0.5, 0.6) is 0 Å². The topological polar surface area (TPSA) is 19.0 Å². The first-order valence-electron chi connectivity index (χ1n) is 7.53. The highest BCUT2D eigenvalue weighted by atomic mass is 15.1. The Hall–Kier alpha value is -1.28. The van der Waals surface area contributed by atoms with Crippen molar-refractivity contribution in [3.05, 3.63) is 35.5 Å². The number of fused-ring (bicyclic) bond motifs is 3. The molecule has 4 rings (SSSR count). The second kappa shape index (κ2) is 4.11. The zero-order valence-electron chi connectivity index (χ0n) is 11.7. The fourth-order valence-corrected chi connectivity index (χ4v) is 4.04. The van der Waals surface area contributed by atoms with Gasteiger partial charge in [-0.3, -0.25) is 0 Å². The van der Waals surface area contributed by atoms with Gasteiger partial charge < -0.3 is 9.88 Å². The molecule has 1 fully saturated rings. The molecule has 1 aliphatic heterocycles. The lowest BCUT2D eigenvalue weighted by molar-refractivity contribution is 0.106. The van der Waals surface area contributed by atoms with Crippen LogP contribution >= 0.6 is 0 Å².